The van der Waals surface area contributed by atoms with Crippen LogP contribution in [-0.2, 0) is 17.1 Å². The molecule has 0 bridgehead atoms. The number of alkyl halides is 6. The van der Waals surface area contributed by atoms with Gasteiger partial charge in [-0.05, 0) is 41.5 Å². The molecule has 1 saturated heterocycles. The summed E-state index contributed by atoms with van der Waals surface area (Å²) in [6.45, 7) is 1.05. The van der Waals surface area contributed by atoms with Crippen LogP contribution in [0.25, 0.3) is 11.3 Å². The quantitative estimate of drug-likeness (QED) is 0.239. The van der Waals surface area contributed by atoms with Crippen molar-refractivity contribution in [3.63, 3.8) is 0 Å². The molecule has 2 aromatic carbocycles. The van der Waals surface area contributed by atoms with Crippen molar-refractivity contribution in [2.45, 2.75) is 18.5 Å². The van der Waals surface area contributed by atoms with E-state index in [0.29, 0.717) is 24.5 Å². The molecule has 1 atom stereocenters. The normalized spacial score (nSPS) is 14.8. The number of hydrogen-bond acceptors (Lipinski definition) is 5. The van der Waals surface area contributed by atoms with Crippen molar-refractivity contribution in [2.75, 3.05) is 36.4 Å². The van der Waals surface area contributed by atoms with E-state index < -0.39 is 47.1 Å². The molecule has 3 heterocycles. The van der Waals surface area contributed by atoms with Crippen molar-refractivity contribution in [1.82, 2.24) is 14.9 Å². The fourth-order valence-electron chi connectivity index (χ4n) is 4.80. The molecule has 44 heavy (non-hydrogen) atoms. The van der Waals surface area contributed by atoms with Crippen LogP contribution in [-0.4, -0.2) is 58.0 Å². The van der Waals surface area contributed by atoms with Crippen LogP contribution in [0.3, 0.4) is 0 Å². The number of H-pyrrole nitrogens is 1. The van der Waals surface area contributed by atoms with Gasteiger partial charge in [-0.15, -0.1) is 0 Å². The fraction of sp³-hybridized carbons (Fsp3) is 0.233. The topological polar surface area (TPSA) is 102 Å². The van der Waals surface area contributed by atoms with E-state index in [4.69, 9.17) is 0 Å². The largest absolute Gasteiger partial charge is 0.418 e. The summed E-state index contributed by atoms with van der Waals surface area (Å²) in [6.07, 6.45) is -9.62. The van der Waals surface area contributed by atoms with Crippen LogP contribution in [0, 0.1) is 0 Å². The Morgan fingerprint density at radius 1 is 0.864 bits per heavy atom. The Bertz CT molecular complexity index is 1610. The smallest absolute Gasteiger partial charge is 0.378 e. The van der Waals surface area contributed by atoms with E-state index in [1.807, 2.05) is 4.90 Å². The van der Waals surface area contributed by atoms with Crippen LogP contribution in [0.1, 0.15) is 33.3 Å². The number of nitrogens with zero attached hydrogens (tertiary/aromatic N) is 3. The number of aromatic nitrogens is 2. The maximum absolute atomic E-state index is 13.7. The Balaban J connectivity index is 1.19. The number of amides is 2. The molecule has 2 aromatic heterocycles. The predicted molar refractivity (Wildman–Crippen MR) is 149 cm³/mol. The van der Waals surface area contributed by atoms with Crippen LogP contribution < -0.4 is 10.2 Å². The number of anilines is 2. The van der Waals surface area contributed by atoms with Gasteiger partial charge in [0.05, 0.1) is 23.0 Å². The lowest BCUT2D eigenvalue weighted by Gasteiger charge is -2.36. The van der Waals surface area contributed by atoms with E-state index in [2.05, 4.69) is 15.3 Å². The summed E-state index contributed by atoms with van der Waals surface area (Å²) in [5.41, 5.74) is -1.80. The number of hydrogen-bond donors (Lipinski definition) is 3. The van der Waals surface area contributed by atoms with Gasteiger partial charge in [0.1, 0.15) is 11.5 Å². The highest BCUT2D eigenvalue weighted by Gasteiger charge is 2.38. The minimum atomic E-state index is -4.77. The number of aliphatic hydroxyl groups is 1. The molecule has 0 aliphatic carbocycles. The lowest BCUT2D eigenvalue weighted by atomic mass is 10.1. The lowest BCUT2D eigenvalue weighted by Crippen LogP contribution is -2.50. The minimum Gasteiger partial charge on any atom is -0.378 e. The second kappa shape index (κ2) is 12.0. The number of benzene rings is 2. The Hall–Kier alpha value is -4.85. The maximum Gasteiger partial charge on any atom is 0.418 e. The first-order chi connectivity index (χ1) is 20.8. The predicted octanol–water partition coefficient (Wildman–Crippen LogP) is 5.75. The molecule has 5 rings (SSSR count). The molecule has 230 valence electrons. The standard InChI is InChI=1S/C30H25F6N5O3/c31-29(32,33)20-8-6-19(7-9-20)26(42)28(44)41-14-12-40(13-15-41)24-11-10-21(17-37-24)38-27(43)25-22(30(34,35)36)16-23(39-25)18-4-2-1-3-5-18/h1-11,16-17,26,39,42H,12-15H2,(H,38,43). The third kappa shape index (κ3) is 6.70. The number of piperazine rings is 1. The summed E-state index contributed by atoms with van der Waals surface area (Å²) in [5.74, 6) is -1.15. The molecule has 3 N–H and O–H groups in total. The molecule has 1 unspecified atom stereocenters. The van der Waals surface area contributed by atoms with Crippen LogP contribution in [0.5, 0.6) is 0 Å². The van der Waals surface area contributed by atoms with Gasteiger partial charge in [0, 0.05) is 31.9 Å². The van der Waals surface area contributed by atoms with Crippen molar-refractivity contribution >= 4 is 23.3 Å². The number of aliphatic hydroxyl groups excluding tert-OH is 1. The Morgan fingerprint density at radius 2 is 1.52 bits per heavy atom. The Kier molecular flexibility index (Phi) is 8.37. The van der Waals surface area contributed by atoms with Gasteiger partial charge in [-0.3, -0.25) is 9.59 Å². The second-order valence-electron chi connectivity index (χ2n) is 10.0. The van der Waals surface area contributed by atoms with Gasteiger partial charge in [0.2, 0.25) is 0 Å². The number of carbonyl (C=O) groups excluding carboxylic acids is 2. The van der Waals surface area contributed by atoms with Crippen LogP contribution in [0.4, 0.5) is 37.8 Å². The minimum absolute atomic E-state index is 0.0442. The number of pyridine rings is 1. The van der Waals surface area contributed by atoms with Gasteiger partial charge < -0.3 is 25.2 Å². The van der Waals surface area contributed by atoms with Gasteiger partial charge >= 0.3 is 12.4 Å². The zero-order valence-corrected chi connectivity index (χ0v) is 22.8. The van der Waals surface area contributed by atoms with Crippen molar-refractivity contribution < 1.29 is 41.0 Å². The summed E-state index contributed by atoms with van der Waals surface area (Å²) in [7, 11) is 0. The fourth-order valence-corrected chi connectivity index (χ4v) is 4.80. The molecule has 0 saturated carbocycles. The van der Waals surface area contributed by atoms with E-state index >= 15 is 0 Å². The summed E-state index contributed by atoms with van der Waals surface area (Å²) in [6, 6.07) is 16.0. The van der Waals surface area contributed by atoms with Crippen molar-refractivity contribution in [1.29, 1.82) is 0 Å². The summed E-state index contributed by atoms with van der Waals surface area (Å²) in [5, 5.41) is 12.9. The van der Waals surface area contributed by atoms with Crippen molar-refractivity contribution in [2.24, 2.45) is 0 Å². The van der Waals surface area contributed by atoms with E-state index in [0.717, 1.165) is 30.3 Å². The molecule has 14 heteroatoms. The highest BCUT2D eigenvalue weighted by atomic mass is 19.4. The average molecular weight is 618 g/mol. The molecular weight excluding hydrogens is 592 g/mol. The molecule has 8 nitrogen and oxygen atoms in total. The van der Waals surface area contributed by atoms with Gasteiger partial charge in [-0.2, -0.15) is 26.3 Å². The van der Waals surface area contributed by atoms with E-state index in [1.54, 1.807) is 36.4 Å². The van der Waals surface area contributed by atoms with Crippen LogP contribution in [0.15, 0.2) is 79.0 Å². The van der Waals surface area contributed by atoms with Crippen LogP contribution >= 0.6 is 0 Å². The molecule has 4 aromatic rings. The molecular formula is C30H25F6N5O3. The molecule has 0 radical (unpaired) electrons. The Morgan fingerprint density at radius 3 is 2.09 bits per heavy atom. The number of nitrogens with one attached hydrogen (secondary N) is 2. The molecule has 1 aliphatic heterocycles. The summed E-state index contributed by atoms with van der Waals surface area (Å²) >= 11 is 0. The molecule has 0 spiro atoms. The van der Waals surface area contributed by atoms with E-state index in [9.17, 15) is 41.0 Å². The van der Waals surface area contributed by atoms with Crippen LogP contribution in [0.2, 0.25) is 0 Å². The van der Waals surface area contributed by atoms with E-state index in [-0.39, 0.29) is 30.0 Å². The van der Waals surface area contributed by atoms with Crippen molar-refractivity contribution in [3.05, 3.63) is 101 Å². The number of halogens is 6. The molecule has 1 aliphatic rings. The lowest BCUT2D eigenvalue weighted by molar-refractivity contribution is -0.141. The average Bonchev–Trinajstić information content (AvgIpc) is 3.48. The zero-order chi connectivity index (χ0) is 31.6. The monoisotopic (exact) mass is 617 g/mol. The summed E-state index contributed by atoms with van der Waals surface area (Å²) < 4.78 is 79.5. The SMILES string of the molecule is O=C(Nc1ccc(N2CCN(C(=O)C(O)c3ccc(C(F)(F)F)cc3)CC2)nc1)c1[nH]c(-c2ccccc2)cc1C(F)(F)F. The zero-order valence-electron chi connectivity index (χ0n) is 22.8. The Labute approximate surface area is 246 Å². The number of aromatic amines is 1. The first-order valence-electron chi connectivity index (χ1n) is 13.3. The second-order valence-corrected chi connectivity index (χ2v) is 10.0. The molecule has 1 fully saturated rings. The number of carbonyl (C=O) groups is 2. The highest BCUT2D eigenvalue weighted by molar-refractivity contribution is 6.04. The van der Waals surface area contributed by atoms with Gasteiger partial charge in [0.15, 0.2) is 6.10 Å². The first-order valence-corrected chi connectivity index (χ1v) is 13.3. The molecule has 2 amide bonds. The maximum atomic E-state index is 13.7. The van der Waals surface area contributed by atoms with Gasteiger partial charge in [-0.1, -0.05) is 42.5 Å². The third-order valence-electron chi connectivity index (χ3n) is 7.14. The van der Waals surface area contributed by atoms with E-state index in [1.165, 1.54) is 17.2 Å². The summed E-state index contributed by atoms with van der Waals surface area (Å²) in [4.78, 5) is 35.7. The third-order valence-corrected chi connectivity index (χ3v) is 7.14. The van der Waals surface area contributed by atoms with Gasteiger partial charge in [0.25, 0.3) is 11.8 Å². The first kappa shape index (κ1) is 30.6. The van der Waals surface area contributed by atoms with Gasteiger partial charge in [-0.25, -0.2) is 4.98 Å². The van der Waals surface area contributed by atoms with Crippen molar-refractivity contribution in [3.8, 4) is 11.3 Å². The highest BCUT2D eigenvalue weighted by Crippen LogP contribution is 2.36. The number of rotatable bonds is 6.